The van der Waals surface area contributed by atoms with E-state index in [1.165, 1.54) is 6.92 Å². The molecule has 0 aromatic carbocycles. The van der Waals surface area contributed by atoms with E-state index in [2.05, 4.69) is 6.58 Å². The molecule has 0 aromatic rings. The Morgan fingerprint density at radius 3 is 1.45 bits per heavy atom. The molecular weight excluding hydrogens is 411 g/mol. The van der Waals surface area contributed by atoms with Crippen molar-refractivity contribution in [3.05, 3.63) is 12.2 Å². The number of ether oxygens (including phenoxy) is 1. The van der Waals surface area contributed by atoms with E-state index >= 15 is 0 Å². The van der Waals surface area contributed by atoms with E-state index in [4.69, 9.17) is 30.3 Å². The smallest absolute Gasteiger partial charge is 1.00 e. The topological polar surface area (TPSA) is 162 Å². The monoisotopic (exact) mass is 446 g/mol. The number of hydrogen-bond acceptors (Lipinski definition) is 7. The summed E-state index contributed by atoms with van der Waals surface area (Å²) in [5, 5.41) is 43.4. The van der Waals surface area contributed by atoms with E-state index < -0.39 is 43.1 Å². The number of rotatable bonds is 15. The molecule has 0 aliphatic heterocycles. The average Bonchev–Trinajstić information content (AvgIpc) is 2.65. The maximum atomic E-state index is 11.0. The van der Waals surface area contributed by atoms with Crippen LogP contribution in [0, 0.1) is 5.41 Å². The van der Waals surface area contributed by atoms with Crippen LogP contribution in [0.4, 0.5) is 0 Å². The molecule has 0 heterocycles. The van der Waals surface area contributed by atoms with Crippen molar-refractivity contribution in [1.29, 1.82) is 0 Å². The third-order valence-corrected chi connectivity index (χ3v) is 3.90. The second-order valence-electron chi connectivity index (χ2n) is 6.74. The molecule has 0 fully saturated rings. The van der Waals surface area contributed by atoms with Gasteiger partial charge < -0.3 is 31.7 Å². The molecule has 29 heavy (non-hydrogen) atoms. The summed E-state index contributed by atoms with van der Waals surface area (Å²) in [7, 11) is 0. The Labute approximate surface area is 216 Å². The maximum Gasteiger partial charge on any atom is 1.00 e. The van der Waals surface area contributed by atoms with E-state index in [1.54, 1.807) is 0 Å². The summed E-state index contributed by atoms with van der Waals surface area (Å²) < 4.78 is 4.72. The van der Waals surface area contributed by atoms with E-state index in [9.17, 15) is 14.4 Å². The SMILES string of the molecule is C=C(C)C(=O)OCC(CO)(CO)CO.O=C(O)CCCCCCCCC(=O)O.[H-].[K+]. The Morgan fingerprint density at radius 1 is 0.828 bits per heavy atom. The number of carbonyl (C=O) groups excluding carboxylic acids is 1. The first kappa shape index (κ1) is 33.3. The zero-order chi connectivity index (χ0) is 22.0. The first-order valence-corrected chi connectivity index (χ1v) is 9.23. The van der Waals surface area contributed by atoms with Crippen molar-refractivity contribution in [2.24, 2.45) is 5.41 Å². The first-order chi connectivity index (χ1) is 13.1. The van der Waals surface area contributed by atoms with Gasteiger partial charge in [0.05, 0.1) is 25.2 Å². The summed E-state index contributed by atoms with van der Waals surface area (Å²) in [6.45, 7) is 3.26. The second kappa shape index (κ2) is 20.9. The molecule has 0 amide bonds. The molecule has 0 saturated carbocycles. The van der Waals surface area contributed by atoms with Crippen molar-refractivity contribution in [3.8, 4) is 0 Å². The average molecular weight is 447 g/mol. The summed E-state index contributed by atoms with van der Waals surface area (Å²) in [4.78, 5) is 31.3. The first-order valence-electron chi connectivity index (χ1n) is 9.23. The van der Waals surface area contributed by atoms with Crippen LogP contribution in [0.3, 0.4) is 0 Å². The molecule has 9 nitrogen and oxygen atoms in total. The molecule has 0 unspecified atom stereocenters. The molecule has 0 radical (unpaired) electrons. The Kier molecular flexibility index (Phi) is 24.0. The van der Waals surface area contributed by atoms with Gasteiger partial charge in [0.2, 0.25) is 0 Å². The van der Waals surface area contributed by atoms with Crippen LogP contribution in [0.5, 0.6) is 0 Å². The molecule has 0 saturated heterocycles. The number of aliphatic carboxylic acids is 2. The molecule has 0 atom stereocenters. The van der Waals surface area contributed by atoms with Crippen LogP contribution in [0.1, 0.15) is 59.7 Å². The number of carbonyl (C=O) groups is 3. The third kappa shape index (κ3) is 20.7. The van der Waals surface area contributed by atoms with Gasteiger partial charge in [0, 0.05) is 18.4 Å². The summed E-state index contributed by atoms with van der Waals surface area (Å²) in [6.07, 6.45) is 5.82. The van der Waals surface area contributed by atoms with Crippen molar-refractivity contribution in [2.45, 2.75) is 58.3 Å². The number of hydrogen-bond donors (Lipinski definition) is 5. The van der Waals surface area contributed by atoms with Gasteiger partial charge in [0.25, 0.3) is 0 Å². The van der Waals surface area contributed by atoms with Gasteiger partial charge in [-0.2, -0.15) is 0 Å². The largest absolute Gasteiger partial charge is 1.00 e. The predicted octanol–water partition coefficient (Wildman–Crippen LogP) is -1.54. The number of esters is 1. The fraction of sp³-hybridized carbons (Fsp3) is 0.737. The van der Waals surface area contributed by atoms with Crippen LogP contribution in [-0.2, 0) is 19.1 Å². The van der Waals surface area contributed by atoms with Gasteiger partial charge in [-0.3, -0.25) is 9.59 Å². The van der Waals surface area contributed by atoms with Gasteiger partial charge in [-0.05, 0) is 19.8 Å². The minimum Gasteiger partial charge on any atom is -1.00 e. The minimum atomic E-state index is -1.18. The van der Waals surface area contributed by atoms with Crippen LogP contribution in [0.15, 0.2) is 12.2 Å². The van der Waals surface area contributed by atoms with E-state index in [0.717, 1.165) is 38.5 Å². The zero-order valence-electron chi connectivity index (χ0n) is 18.6. The van der Waals surface area contributed by atoms with E-state index in [0.29, 0.717) is 0 Å². The van der Waals surface area contributed by atoms with Gasteiger partial charge in [-0.1, -0.05) is 32.3 Å². The Morgan fingerprint density at radius 2 is 1.17 bits per heavy atom. The summed E-state index contributed by atoms with van der Waals surface area (Å²) in [5.74, 6) is -2.09. The quantitative estimate of drug-likeness (QED) is 0.0869. The fourth-order valence-corrected chi connectivity index (χ4v) is 1.89. The van der Waals surface area contributed by atoms with Crippen molar-refractivity contribution >= 4 is 17.9 Å². The fourth-order valence-electron chi connectivity index (χ4n) is 1.89. The molecule has 0 rings (SSSR count). The van der Waals surface area contributed by atoms with Gasteiger partial charge >= 0.3 is 69.3 Å². The van der Waals surface area contributed by atoms with Gasteiger partial charge in [0.15, 0.2) is 0 Å². The summed E-state index contributed by atoms with van der Waals surface area (Å²) >= 11 is 0. The van der Waals surface area contributed by atoms with Crippen LogP contribution >= 0.6 is 0 Å². The Balaban J connectivity index is -0.000000211. The van der Waals surface area contributed by atoms with Crippen LogP contribution < -0.4 is 51.4 Å². The predicted molar refractivity (Wildman–Crippen MR) is 103 cm³/mol. The summed E-state index contributed by atoms with van der Waals surface area (Å²) in [5.41, 5.74) is -0.946. The van der Waals surface area contributed by atoms with Crippen molar-refractivity contribution in [1.82, 2.24) is 0 Å². The molecule has 5 N–H and O–H groups in total. The van der Waals surface area contributed by atoms with E-state index in [-0.39, 0.29) is 77.8 Å². The normalized spacial score (nSPS) is 10.2. The number of aliphatic hydroxyl groups is 3. The Bertz CT molecular complexity index is 454. The molecule has 0 aliphatic carbocycles. The summed E-state index contributed by atoms with van der Waals surface area (Å²) in [6, 6.07) is 0. The number of unbranched alkanes of at least 4 members (excludes halogenated alkanes) is 5. The molecule has 166 valence electrons. The second-order valence-corrected chi connectivity index (χ2v) is 6.74. The number of carboxylic acid groups (broad SMARTS) is 2. The zero-order valence-corrected chi connectivity index (χ0v) is 20.7. The van der Waals surface area contributed by atoms with Crippen molar-refractivity contribution < 1.29 is 97.5 Å². The van der Waals surface area contributed by atoms with Crippen molar-refractivity contribution in [2.75, 3.05) is 26.4 Å². The maximum absolute atomic E-state index is 11.0. The minimum absolute atomic E-state index is 0. The van der Waals surface area contributed by atoms with Crippen molar-refractivity contribution in [3.63, 3.8) is 0 Å². The van der Waals surface area contributed by atoms with Gasteiger partial charge in [0.1, 0.15) is 6.61 Å². The van der Waals surface area contributed by atoms with Crippen LogP contribution in [0.2, 0.25) is 0 Å². The van der Waals surface area contributed by atoms with E-state index in [1.807, 2.05) is 0 Å². The van der Waals surface area contributed by atoms with Crippen LogP contribution in [0.25, 0.3) is 0 Å². The molecule has 0 bridgehead atoms. The molecule has 0 aromatic heterocycles. The molecule has 10 heteroatoms. The molecule has 0 spiro atoms. The molecule has 0 aliphatic rings. The van der Waals surface area contributed by atoms with Gasteiger partial charge in [-0.25, -0.2) is 4.79 Å². The standard InChI is InChI=1S/C10H18O4.C9H16O5.K.H/c11-9(12)7-5-3-1-2-4-6-8-10(13)14;1-7(2)8(13)14-6-9(3-10,4-11)5-12;;/h1-8H2,(H,11,12)(H,13,14);10-12H,1,3-6H2,2H3;;/q;;+1;-1. The third-order valence-electron chi connectivity index (χ3n) is 3.90. The number of aliphatic hydroxyl groups excluding tert-OH is 3. The Hall–Kier alpha value is -0.334. The van der Waals surface area contributed by atoms with Gasteiger partial charge in [-0.15, -0.1) is 0 Å². The molecular formula is C19H35KO9. The number of carboxylic acids is 2. The van der Waals surface area contributed by atoms with Crippen LogP contribution in [-0.4, -0.2) is 69.9 Å².